The zero-order valence-corrected chi connectivity index (χ0v) is 8.10. The summed E-state index contributed by atoms with van der Waals surface area (Å²) in [5.74, 6) is -0.889. The van der Waals surface area contributed by atoms with Crippen LogP contribution in [0, 0.1) is 0 Å². The van der Waals surface area contributed by atoms with Crippen molar-refractivity contribution in [2.24, 2.45) is 12.8 Å². The van der Waals surface area contributed by atoms with Gasteiger partial charge in [-0.15, -0.1) is 0 Å². The minimum atomic E-state index is -0.889. The van der Waals surface area contributed by atoms with E-state index in [1.54, 1.807) is 10.6 Å². The van der Waals surface area contributed by atoms with E-state index in [9.17, 15) is 4.79 Å². The van der Waals surface area contributed by atoms with E-state index in [4.69, 9.17) is 10.8 Å². The number of carboxylic acid groups (broad SMARTS) is 1. The molecule has 0 aliphatic carbocycles. The molecule has 0 saturated heterocycles. The number of hydrogen-bond donors (Lipinski definition) is 3. The predicted octanol–water partition coefficient (Wildman–Crippen LogP) is -0.301. The van der Waals surface area contributed by atoms with Gasteiger partial charge in [-0.2, -0.15) is 0 Å². The molecule has 1 unspecified atom stereocenters. The van der Waals surface area contributed by atoms with Gasteiger partial charge in [0.25, 0.3) is 0 Å². The van der Waals surface area contributed by atoms with E-state index in [0.717, 1.165) is 5.69 Å². The van der Waals surface area contributed by atoms with Crippen LogP contribution >= 0.6 is 0 Å². The second-order valence-electron chi connectivity index (χ2n) is 3.06. The summed E-state index contributed by atoms with van der Waals surface area (Å²) in [5, 5.41) is 11.8. The maximum Gasteiger partial charge on any atom is 0.326 e. The van der Waals surface area contributed by atoms with Crippen molar-refractivity contribution in [2.75, 3.05) is 13.1 Å². The summed E-state index contributed by atoms with van der Waals surface area (Å²) in [6, 6.07) is 2.91. The Balaban J connectivity index is 2.78. The third kappa shape index (κ3) is 2.34. The van der Waals surface area contributed by atoms with Crippen LogP contribution in [0.15, 0.2) is 18.3 Å². The lowest BCUT2D eigenvalue weighted by molar-refractivity contribution is -0.139. The van der Waals surface area contributed by atoms with Crippen LogP contribution in [0.2, 0.25) is 0 Å². The van der Waals surface area contributed by atoms with E-state index in [0.29, 0.717) is 13.1 Å². The first-order valence-corrected chi connectivity index (χ1v) is 4.44. The molecular formula is C9H15N3O2. The van der Waals surface area contributed by atoms with Crippen LogP contribution in [0.3, 0.4) is 0 Å². The predicted molar refractivity (Wildman–Crippen MR) is 52.8 cm³/mol. The highest BCUT2D eigenvalue weighted by Crippen LogP contribution is 2.12. The van der Waals surface area contributed by atoms with Crippen molar-refractivity contribution in [3.05, 3.63) is 24.0 Å². The number of aliphatic carboxylic acids is 1. The van der Waals surface area contributed by atoms with Gasteiger partial charge in [-0.1, -0.05) is 0 Å². The first-order chi connectivity index (χ1) is 6.66. The summed E-state index contributed by atoms with van der Waals surface area (Å²) < 4.78 is 1.78. The molecule has 1 heterocycles. The Hall–Kier alpha value is -1.33. The lowest BCUT2D eigenvalue weighted by Crippen LogP contribution is -2.33. The molecule has 0 fully saturated rings. The molecule has 0 aliphatic rings. The molecule has 0 saturated carbocycles. The summed E-state index contributed by atoms with van der Waals surface area (Å²) in [5.41, 5.74) is 6.03. The fourth-order valence-electron chi connectivity index (χ4n) is 1.32. The topological polar surface area (TPSA) is 80.3 Å². The van der Waals surface area contributed by atoms with Gasteiger partial charge in [0.15, 0.2) is 0 Å². The quantitative estimate of drug-likeness (QED) is 0.605. The number of aromatic nitrogens is 1. The zero-order chi connectivity index (χ0) is 10.6. The minimum absolute atomic E-state index is 0.425. The van der Waals surface area contributed by atoms with Crippen LogP contribution in [0.1, 0.15) is 11.7 Å². The third-order valence-electron chi connectivity index (χ3n) is 2.02. The van der Waals surface area contributed by atoms with E-state index in [-0.39, 0.29) is 0 Å². The molecule has 14 heavy (non-hydrogen) atoms. The molecule has 78 valence electrons. The standard InChI is InChI=1S/C9H15N3O2/c1-12-6-2-3-7(12)8(9(13)14)11-5-4-10/h2-3,6,8,11H,4-5,10H2,1H3,(H,13,14). The number of carbonyl (C=O) groups is 1. The average molecular weight is 197 g/mol. The summed E-state index contributed by atoms with van der Waals surface area (Å²) >= 11 is 0. The van der Waals surface area contributed by atoms with E-state index in [1.807, 2.05) is 19.3 Å². The van der Waals surface area contributed by atoms with Gasteiger partial charge in [-0.05, 0) is 12.1 Å². The number of hydrogen-bond acceptors (Lipinski definition) is 3. The highest BCUT2D eigenvalue weighted by atomic mass is 16.4. The number of nitrogens with zero attached hydrogens (tertiary/aromatic N) is 1. The maximum atomic E-state index is 10.9. The average Bonchev–Trinajstić information content (AvgIpc) is 2.52. The molecule has 0 radical (unpaired) electrons. The lowest BCUT2D eigenvalue weighted by atomic mass is 10.2. The van der Waals surface area contributed by atoms with E-state index in [2.05, 4.69) is 5.32 Å². The highest BCUT2D eigenvalue weighted by Gasteiger charge is 2.20. The van der Waals surface area contributed by atoms with Gasteiger partial charge in [-0.25, -0.2) is 0 Å². The van der Waals surface area contributed by atoms with Crippen molar-refractivity contribution in [3.8, 4) is 0 Å². The van der Waals surface area contributed by atoms with Crippen molar-refractivity contribution in [1.82, 2.24) is 9.88 Å². The van der Waals surface area contributed by atoms with Crippen molar-refractivity contribution in [2.45, 2.75) is 6.04 Å². The Bertz CT molecular complexity index is 309. The van der Waals surface area contributed by atoms with Gasteiger partial charge in [0, 0.05) is 32.0 Å². The highest BCUT2D eigenvalue weighted by molar-refractivity contribution is 5.75. The molecule has 0 aromatic carbocycles. The summed E-state index contributed by atoms with van der Waals surface area (Å²) in [6.07, 6.45) is 1.81. The normalized spacial score (nSPS) is 12.7. The third-order valence-corrected chi connectivity index (χ3v) is 2.02. The van der Waals surface area contributed by atoms with Gasteiger partial charge >= 0.3 is 5.97 Å². The van der Waals surface area contributed by atoms with E-state index in [1.165, 1.54) is 0 Å². The van der Waals surface area contributed by atoms with Crippen LogP contribution in [0.25, 0.3) is 0 Å². The smallest absolute Gasteiger partial charge is 0.326 e. The fraction of sp³-hybridized carbons (Fsp3) is 0.444. The Labute approximate surface area is 82.5 Å². The molecule has 5 heteroatoms. The summed E-state index contributed by atoms with van der Waals surface area (Å²) in [4.78, 5) is 10.9. The lowest BCUT2D eigenvalue weighted by Gasteiger charge is -2.14. The first kappa shape index (κ1) is 10.7. The molecule has 0 bridgehead atoms. The first-order valence-electron chi connectivity index (χ1n) is 4.44. The number of rotatable bonds is 5. The van der Waals surface area contributed by atoms with Crippen LogP contribution in [-0.4, -0.2) is 28.7 Å². The number of aryl methyl sites for hydroxylation is 1. The number of carboxylic acids is 1. The van der Waals surface area contributed by atoms with Gasteiger partial charge in [0.2, 0.25) is 0 Å². The van der Waals surface area contributed by atoms with Gasteiger partial charge in [-0.3, -0.25) is 10.1 Å². The largest absolute Gasteiger partial charge is 0.480 e. The van der Waals surface area contributed by atoms with Crippen LogP contribution in [-0.2, 0) is 11.8 Å². The van der Waals surface area contributed by atoms with E-state index < -0.39 is 12.0 Å². The van der Waals surface area contributed by atoms with Crippen LogP contribution in [0.5, 0.6) is 0 Å². The van der Waals surface area contributed by atoms with Crippen molar-refractivity contribution in [1.29, 1.82) is 0 Å². The summed E-state index contributed by atoms with van der Waals surface area (Å²) in [6.45, 7) is 0.913. The molecular weight excluding hydrogens is 182 g/mol. The molecule has 0 amide bonds. The number of nitrogens with one attached hydrogen (secondary N) is 1. The molecule has 4 N–H and O–H groups in total. The molecule has 1 aromatic heterocycles. The fourth-order valence-corrected chi connectivity index (χ4v) is 1.32. The Kier molecular flexibility index (Phi) is 3.67. The van der Waals surface area contributed by atoms with Gasteiger partial charge in [0.1, 0.15) is 6.04 Å². The van der Waals surface area contributed by atoms with Crippen LogP contribution in [0.4, 0.5) is 0 Å². The molecule has 0 aliphatic heterocycles. The SMILES string of the molecule is Cn1cccc1C(NCCN)C(=O)O. The zero-order valence-electron chi connectivity index (χ0n) is 8.10. The van der Waals surface area contributed by atoms with Gasteiger partial charge < -0.3 is 15.4 Å². The molecule has 1 atom stereocenters. The number of nitrogens with two attached hydrogens (primary N) is 1. The second kappa shape index (κ2) is 4.78. The van der Waals surface area contributed by atoms with Gasteiger partial charge in [0.05, 0.1) is 0 Å². The van der Waals surface area contributed by atoms with Crippen molar-refractivity contribution in [3.63, 3.8) is 0 Å². The maximum absolute atomic E-state index is 10.9. The Morgan fingerprint density at radius 3 is 2.93 bits per heavy atom. The molecule has 0 spiro atoms. The molecule has 1 rings (SSSR count). The van der Waals surface area contributed by atoms with Crippen LogP contribution < -0.4 is 11.1 Å². The van der Waals surface area contributed by atoms with E-state index >= 15 is 0 Å². The molecule has 5 nitrogen and oxygen atoms in total. The monoisotopic (exact) mass is 197 g/mol. The summed E-state index contributed by atoms with van der Waals surface area (Å²) in [7, 11) is 1.81. The van der Waals surface area contributed by atoms with Crippen molar-refractivity contribution < 1.29 is 9.90 Å². The Morgan fingerprint density at radius 2 is 2.50 bits per heavy atom. The Morgan fingerprint density at radius 1 is 1.79 bits per heavy atom. The second-order valence-corrected chi connectivity index (χ2v) is 3.06. The van der Waals surface area contributed by atoms with Crippen molar-refractivity contribution >= 4 is 5.97 Å². The molecule has 1 aromatic rings. The minimum Gasteiger partial charge on any atom is -0.480 e.